The predicted octanol–water partition coefficient (Wildman–Crippen LogP) is 4.36. The minimum atomic E-state index is -1.07. The number of ether oxygens (including phenoxy) is 1. The molecule has 164 valence electrons. The molecule has 0 aromatic heterocycles. The van der Waals surface area contributed by atoms with Crippen LogP contribution in [0.1, 0.15) is 15.9 Å². The van der Waals surface area contributed by atoms with Gasteiger partial charge in [-0.3, -0.25) is 14.9 Å². The Morgan fingerprint density at radius 2 is 1.61 bits per heavy atom. The Hall–Kier alpha value is -4.30. The zero-order valence-corrected chi connectivity index (χ0v) is 17.5. The summed E-state index contributed by atoms with van der Waals surface area (Å²) in [5, 5.41) is 2.47. The average Bonchev–Trinajstić information content (AvgIpc) is 2.79. The second-order valence-corrected chi connectivity index (χ2v) is 7.28. The lowest BCUT2D eigenvalue weighted by molar-refractivity contribution is -0.122. The first-order valence-corrected chi connectivity index (χ1v) is 9.95. The van der Waals surface area contributed by atoms with Crippen LogP contribution in [0.2, 0.25) is 5.02 Å². The lowest BCUT2D eigenvalue weighted by Gasteiger charge is -2.26. The van der Waals surface area contributed by atoms with Gasteiger partial charge in [0.05, 0.1) is 11.3 Å². The molecular weight excluding hydrogens is 451 g/mol. The van der Waals surface area contributed by atoms with Crippen LogP contribution in [0.5, 0.6) is 5.75 Å². The van der Waals surface area contributed by atoms with Crippen molar-refractivity contribution in [2.75, 3.05) is 4.90 Å². The third-order valence-electron chi connectivity index (χ3n) is 4.70. The maximum atomic E-state index is 14.2. The quantitative estimate of drug-likeness (QED) is 0.268. The lowest BCUT2D eigenvalue weighted by Crippen LogP contribution is -2.54. The number of carbonyl (C=O) groups excluding carboxylic acids is 4. The highest BCUT2D eigenvalue weighted by molar-refractivity contribution is 6.39. The summed E-state index contributed by atoms with van der Waals surface area (Å²) >= 11 is 5.83. The summed E-state index contributed by atoms with van der Waals surface area (Å²) < 4.78 is 19.6. The van der Waals surface area contributed by atoms with Gasteiger partial charge in [-0.05, 0) is 48.5 Å². The Morgan fingerprint density at radius 3 is 2.33 bits per heavy atom. The largest absolute Gasteiger partial charge is 0.422 e. The zero-order valence-electron chi connectivity index (χ0n) is 16.7. The Bertz CT molecular complexity index is 1320. The van der Waals surface area contributed by atoms with Crippen molar-refractivity contribution in [1.82, 2.24) is 5.32 Å². The molecule has 3 aromatic carbocycles. The molecule has 0 spiro atoms. The number of benzene rings is 3. The van der Waals surface area contributed by atoms with Crippen molar-refractivity contribution >= 4 is 47.2 Å². The van der Waals surface area contributed by atoms with Crippen molar-refractivity contribution in [3.05, 3.63) is 100 Å². The van der Waals surface area contributed by atoms with Crippen LogP contribution >= 0.6 is 11.6 Å². The summed E-state index contributed by atoms with van der Waals surface area (Å²) in [4.78, 5) is 50.7. The minimum absolute atomic E-state index is 0.0693. The van der Waals surface area contributed by atoms with E-state index in [0.717, 1.165) is 6.07 Å². The van der Waals surface area contributed by atoms with Gasteiger partial charge in [-0.1, -0.05) is 41.9 Å². The van der Waals surface area contributed by atoms with Crippen molar-refractivity contribution in [3.8, 4) is 5.75 Å². The normalized spacial score (nSPS) is 14.9. The molecule has 3 aromatic rings. The van der Waals surface area contributed by atoms with Gasteiger partial charge in [-0.2, -0.15) is 0 Å². The molecule has 0 aliphatic carbocycles. The molecule has 1 N–H and O–H groups in total. The van der Waals surface area contributed by atoms with Gasteiger partial charge < -0.3 is 4.74 Å². The number of anilines is 1. The summed E-state index contributed by atoms with van der Waals surface area (Å²) in [5.41, 5.74) is -0.278. The van der Waals surface area contributed by atoms with Crippen LogP contribution in [0.3, 0.4) is 0 Å². The van der Waals surface area contributed by atoms with Crippen LogP contribution in [0.15, 0.2) is 78.4 Å². The van der Waals surface area contributed by atoms with E-state index in [4.69, 9.17) is 16.3 Å². The fraction of sp³-hybridized carbons (Fsp3) is 0. The summed E-state index contributed by atoms with van der Waals surface area (Å²) in [6.07, 6.45) is 1.17. The Labute approximate surface area is 192 Å². The lowest BCUT2D eigenvalue weighted by atomic mass is 10.1. The molecule has 0 atom stereocenters. The fourth-order valence-electron chi connectivity index (χ4n) is 3.10. The van der Waals surface area contributed by atoms with Gasteiger partial charge in [0, 0.05) is 10.6 Å². The predicted molar refractivity (Wildman–Crippen MR) is 118 cm³/mol. The van der Waals surface area contributed by atoms with Crippen molar-refractivity contribution in [2.24, 2.45) is 0 Å². The first kappa shape index (κ1) is 21.9. The number of nitrogens with zero attached hydrogens (tertiary/aromatic N) is 1. The molecule has 4 rings (SSSR count). The second kappa shape index (κ2) is 9.05. The average molecular weight is 465 g/mol. The SMILES string of the molecule is O=C1NC(=O)N(c2ccccc2F)C(=O)/C1=C\c1ccccc1OC(=O)c1ccc(Cl)cc1. The molecule has 1 aliphatic heterocycles. The van der Waals surface area contributed by atoms with E-state index < -0.39 is 35.2 Å². The van der Waals surface area contributed by atoms with Crippen molar-refractivity contribution in [3.63, 3.8) is 0 Å². The van der Waals surface area contributed by atoms with Crippen LogP contribution in [0, 0.1) is 5.82 Å². The van der Waals surface area contributed by atoms with E-state index in [0.29, 0.717) is 9.92 Å². The number of barbiturate groups is 1. The van der Waals surface area contributed by atoms with E-state index in [-0.39, 0.29) is 22.6 Å². The van der Waals surface area contributed by atoms with Gasteiger partial charge in [0.2, 0.25) is 0 Å². The van der Waals surface area contributed by atoms with Crippen molar-refractivity contribution in [2.45, 2.75) is 0 Å². The smallest absolute Gasteiger partial charge is 0.343 e. The third kappa shape index (κ3) is 4.51. The van der Waals surface area contributed by atoms with E-state index in [1.165, 1.54) is 60.7 Å². The standard InChI is InChI=1S/C24H14ClFN2O5/c25-16-11-9-14(10-12-16)23(31)33-20-8-4-1-5-15(20)13-17-21(29)27-24(32)28(22(17)30)19-7-3-2-6-18(19)26/h1-13H,(H,27,29,32)/b17-13-. The topological polar surface area (TPSA) is 92.8 Å². The summed E-state index contributed by atoms with van der Waals surface area (Å²) in [5.74, 6) is -3.41. The van der Waals surface area contributed by atoms with Gasteiger partial charge in [0.15, 0.2) is 0 Å². The third-order valence-corrected chi connectivity index (χ3v) is 4.95. The monoisotopic (exact) mass is 464 g/mol. The van der Waals surface area contributed by atoms with Crippen LogP contribution in [-0.2, 0) is 9.59 Å². The van der Waals surface area contributed by atoms with Crippen LogP contribution in [-0.4, -0.2) is 23.8 Å². The molecule has 1 heterocycles. The molecular formula is C24H14ClFN2O5. The van der Waals surface area contributed by atoms with Gasteiger partial charge in [-0.15, -0.1) is 0 Å². The number of imide groups is 2. The highest BCUT2D eigenvalue weighted by atomic mass is 35.5. The maximum absolute atomic E-state index is 14.2. The molecule has 1 saturated heterocycles. The van der Waals surface area contributed by atoms with Crippen LogP contribution < -0.4 is 15.0 Å². The molecule has 0 bridgehead atoms. The molecule has 1 fully saturated rings. The zero-order chi connectivity index (χ0) is 23.5. The number of carbonyl (C=O) groups is 4. The highest BCUT2D eigenvalue weighted by Gasteiger charge is 2.38. The highest BCUT2D eigenvalue weighted by Crippen LogP contribution is 2.27. The first-order valence-electron chi connectivity index (χ1n) is 9.58. The molecule has 9 heteroatoms. The molecule has 0 unspecified atom stereocenters. The molecule has 33 heavy (non-hydrogen) atoms. The number of halogens is 2. The van der Waals surface area contributed by atoms with Crippen molar-refractivity contribution in [1.29, 1.82) is 0 Å². The molecule has 0 saturated carbocycles. The molecule has 7 nitrogen and oxygen atoms in total. The Balaban J connectivity index is 1.68. The summed E-state index contributed by atoms with van der Waals surface area (Å²) in [7, 11) is 0. The minimum Gasteiger partial charge on any atom is -0.422 e. The van der Waals surface area contributed by atoms with Crippen LogP contribution in [0.4, 0.5) is 14.9 Å². The first-order chi connectivity index (χ1) is 15.8. The number of nitrogens with one attached hydrogen (secondary N) is 1. The molecule has 1 aliphatic rings. The molecule has 0 radical (unpaired) electrons. The van der Waals surface area contributed by atoms with E-state index in [1.54, 1.807) is 12.1 Å². The van der Waals surface area contributed by atoms with E-state index in [9.17, 15) is 23.6 Å². The molecule has 4 amide bonds. The Morgan fingerprint density at radius 1 is 0.939 bits per heavy atom. The fourth-order valence-corrected chi connectivity index (χ4v) is 3.23. The number of urea groups is 1. The number of hydrogen-bond acceptors (Lipinski definition) is 5. The van der Waals surface area contributed by atoms with E-state index in [1.807, 2.05) is 5.32 Å². The van der Waals surface area contributed by atoms with E-state index >= 15 is 0 Å². The summed E-state index contributed by atoms with van der Waals surface area (Å²) in [6.45, 7) is 0. The number of hydrogen-bond donors (Lipinski definition) is 1. The summed E-state index contributed by atoms with van der Waals surface area (Å²) in [6, 6.07) is 16.3. The van der Waals surface area contributed by atoms with Crippen molar-refractivity contribution < 1.29 is 28.3 Å². The van der Waals surface area contributed by atoms with Gasteiger partial charge in [0.1, 0.15) is 17.1 Å². The maximum Gasteiger partial charge on any atom is 0.343 e. The second-order valence-electron chi connectivity index (χ2n) is 6.84. The van der Waals surface area contributed by atoms with Gasteiger partial charge in [-0.25, -0.2) is 18.9 Å². The van der Waals surface area contributed by atoms with E-state index in [2.05, 4.69) is 0 Å². The number of amides is 4. The van der Waals surface area contributed by atoms with Gasteiger partial charge in [0.25, 0.3) is 11.8 Å². The number of esters is 1. The van der Waals surface area contributed by atoms with Gasteiger partial charge >= 0.3 is 12.0 Å². The van der Waals surface area contributed by atoms with Crippen LogP contribution in [0.25, 0.3) is 6.08 Å². The number of para-hydroxylation sites is 2. The number of rotatable bonds is 4. The Kier molecular flexibility index (Phi) is 6.01.